The number of rotatable bonds is 4. The maximum absolute atomic E-state index is 10.1. The second kappa shape index (κ2) is 5.34. The minimum absolute atomic E-state index is 0.614. The van der Waals surface area contributed by atoms with Crippen molar-refractivity contribution < 1.29 is 5.11 Å². The molecule has 0 saturated carbocycles. The third-order valence-corrected chi connectivity index (χ3v) is 3.86. The van der Waals surface area contributed by atoms with Gasteiger partial charge in [-0.15, -0.1) is 0 Å². The monoisotopic (exact) mass is 256 g/mol. The third-order valence-electron chi connectivity index (χ3n) is 3.86. The quantitative estimate of drug-likeness (QED) is 0.818. The highest BCUT2D eigenvalue weighted by Crippen LogP contribution is 2.28. The minimum Gasteiger partial charge on any atom is -0.386 e. The molecule has 2 rings (SSSR count). The molecule has 0 aliphatic heterocycles. The molecule has 0 fully saturated rings. The van der Waals surface area contributed by atoms with Crippen LogP contribution in [-0.4, -0.2) is 5.11 Å². The highest BCUT2D eigenvalue weighted by atomic mass is 16.3. The molecule has 1 unspecified atom stereocenters. The highest BCUT2D eigenvalue weighted by Gasteiger charge is 2.16. The van der Waals surface area contributed by atoms with Gasteiger partial charge in [-0.2, -0.15) is 0 Å². The Morgan fingerprint density at radius 1 is 1.05 bits per heavy atom. The fourth-order valence-electron chi connectivity index (χ4n) is 2.55. The lowest BCUT2D eigenvalue weighted by Crippen LogP contribution is -2.15. The number of aliphatic hydroxyl groups is 1. The van der Waals surface area contributed by atoms with Crippen LogP contribution in [0.25, 0.3) is 10.8 Å². The van der Waals surface area contributed by atoms with Gasteiger partial charge in [0.25, 0.3) is 0 Å². The number of benzene rings is 2. The van der Waals surface area contributed by atoms with Gasteiger partial charge in [0.1, 0.15) is 0 Å². The SMILES string of the molecule is CCCC(C)c1ccc2cc(C(C)(C)O)ccc2c1. The summed E-state index contributed by atoms with van der Waals surface area (Å²) in [5, 5.41) is 12.5. The zero-order valence-corrected chi connectivity index (χ0v) is 12.4. The van der Waals surface area contributed by atoms with Gasteiger partial charge in [0.15, 0.2) is 0 Å². The van der Waals surface area contributed by atoms with Crippen LogP contribution in [0, 0.1) is 0 Å². The second-order valence-electron chi connectivity index (χ2n) is 6.07. The topological polar surface area (TPSA) is 20.2 Å². The van der Waals surface area contributed by atoms with Gasteiger partial charge in [-0.1, -0.05) is 50.6 Å². The van der Waals surface area contributed by atoms with Crippen LogP contribution in [0.4, 0.5) is 0 Å². The molecule has 0 amide bonds. The van der Waals surface area contributed by atoms with Crippen LogP contribution in [0.15, 0.2) is 36.4 Å². The zero-order chi connectivity index (χ0) is 14.0. The zero-order valence-electron chi connectivity index (χ0n) is 12.4. The summed E-state index contributed by atoms with van der Waals surface area (Å²) in [6.45, 7) is 8.17. The van der Waals surface area contributed by atoms with Crippen LogP contribution in [0.3, 0.4) is 0 Å². The normalized spacial score (nSPS) is 13.7. The van der Waals surface area contributed by atoms with Gasteiger partial charge in [-0.3, -0.25) is 0 Å². The molecule has 0 saturated heterocycles. The molecule has 1 nitrogen and oxygen atoms in total. The predicted octanol–water partition coefficient (Wildman–Crippen LogP) is 4.97. The number of hydrogen-bond acceptors (Lipinski definition) is 1. The van der Waals surface area contributed by atoms with E-state index in [0.29, 0.717) is 5.92 Å². The summed E-state index contributed by atoms with van der Waals surface area (Å²) < 4.78 is 0. The summed E-state index contributed by atoms with van der Waals surface area (Å²) in [5.41, 5.74) is 1.60. The van der Waals surface area contributed by atoms with Crippen molar-refractivity contribution in [2.45, 2.75) is 52.1 Å². The van der Waals surface area contributed by atoms with E-state index in [2.05, 4.69) is 44.2 Å². The van der Waals surface area contributed by atoms with E-state index in [1.54, 1.807) is 0 Å². The molecule has 0 aromatic heterocycles. The van der Waals surface area contributed by atoms with Gasteiger partial charge in [0, 0.05) is 0 Å². The second-order valence-corrected chi connectivity index (χ2v) is 6.07. The first kappa shape index (κ1) is 14.1. The van der Waals surface area contributed by atoms with Crippen LogP contribution in [0.5, 0.6) is 0 Å². The molecule has 0 aliphatic rings. The standard InChI is InChI=1S/C18H24O/c1-5-6-13(2)14-7-8-16-12-17(18(3,4)19)10-9-15(16)11-14/h7-13,19H,5-6H2,1-4H3. The average Bonchev–Trinajstić information content (AvgIpc) is 2.36. The summed E-state index contributed by atoms with van der Waals surface area (Å²) in [7, 11) is 0. The molecule has 0 spiro atoms. The number of fused-ring (bicyclic) bond motifs is 1. The van der Waals surface area contributed by atoms with E-state index in [9.17, 15) is 5.11 Å². The van der Waals surface area contributed by atoms with Crippen molar-refractivity contribution >= 4 is 10.8 Å². The van der Waals surface area contributed by atoms with Gasteiger partial charge in [0.2, 0.25) is 0 Å². The van der Waals surface area contributed by atoms with Crippen molar-refractivity contribution in [3.8, 4) is 0 Å². The molecule has 0 aliphatic carbocycles. The Hall–Kier alpha value is -1.34. The Kier molecular flexibility index (Phi) is 3.96. The molecule has 19 heavy (non-hydrogen) atoms. The van der Waals surface area contributed by atoms with Crippen molar-refractivity contribution in [2.24, 2.45) is 0 Å². The Morgan fingerprint density at radius 2 is 1.68 bits per heavy atom. The molecular formula is C18H24O. The van der Waals surface area contributed by atoms with Gasteiger partial charge < -0.3 is 5.11 Å². The van der Waals surface area contributed by atoms with Crippen molar-refractivity contribution in [1.82, 2.24) is 0 Å². The third kappa shape index (κ3) is 3.16. The van der Waals surface area contributed by atoms with Crippen LogP contribution < -0.4 is 0 Å². The van der Waals surface area contributed by atoms with Crippen LogP contribution in [-0.2, 0) is 5.60 Å². The lowest BCUT2D eigenvalue weighted by Gasteiger charge is -2.18. The fraction of sp³-hybridized carbons (Fsp3) is 0.444. The molecule has 2 aromatic carbocycles. The molecule has 1 N–H and O–H groups in total. The van der Waals surface area contributed by atoms with Gasteiger partial charge in [-0.05, 0) is 54.2 Å². The fourth-order valence-corrected chi connectivity index (χ4v) is 2.55. The molecule has 2 aromatic rings. The maximum atomic E-state index is 10.1. The molecule has 0 radical (unpaired) electrons. The Morgan fingerprint density at radius 3 is 2.32 bits per heavy atom. The van der Waals surface area contributed by atoms with Gasteiger partial charge in [-0.25, -0.2) is 0 Å². The summed E-state index contributed by atoms with van der Waals surface area (Å²) in [4.78, 5) is 0. The lowest BCUT2D eigenvalue weighted by molar-refractivity contribution is 0.0787. The smallest absolute Gasteiger partial charge is 0.0840 e. The molecule has 102 valence electrons. The Bertz CT molecular complexity index is 563. The predicted molar refractivity (Wildman–Crippen MR) is 82.5 cm³/mol. The van der Waals surface area contributed by atoms with E-state index in [4.69, 9.17) is 0 Å². The Labute approximate surface area is 116 Å². The van der Waals surface area contributed by atoms with E-state index in [1.807, 2.05) is 19.9 Å². The first-order valence-corrected chi connectivity index (χ1v) is 7.18. The summed E-state index contributed by atoms with van der Waals surface area (Å²) in [6.07, 6.45) is 2.45. The summed E-state index contributed by atoms with van der Waals surface area (Å²) >= 11 is 0. The minimum atomic E-state index is -0.775. The average molecular weight is 256 g/mol. The van der Waals surface area contributed by atoms with Crippen LogP contribution >= 0.6 is 0 Å². The lowest BCUT2D eigenvalue weighted by atomic mass is 9.91. The molecule has 1 heteroatoms. The van der Waals surface area contributed by atoms with Crippen LogP contribution in [0.1, 0.15) is 57.6 Å². The highest BCUT2D eigenvalue weighted by molar-refractivity contribution is 5.84. The van der Waals surface area contributed by atoms with Crippen molar-refractivity contribution in [3.05, 3.63) is 47.5 Å². The maximum Gasteiger partial charge on any atom is 0.0840 e. The number of hydrogen-bond donors (Lipinski definition) is 1. The van der Waals surface area contributed by atoms with Crippen molar-refractivity contribution in [2.75, 3.05) is 0 Å². The summed E-state index contributed by atoms with van der Waals surface area (Å²) in [5.74, 6) is 0.614. The van der Waals surface area contributed by atoms with Crippen LogP contribution in [0.2, 0.25) is 0 Å². The molecular weight excluding hydrogens is 232 g/mol. The molecule has 0 bridgehead atoms. The first-order chi connectivity index (χ1) is 8.91. The molecule has 1 atom stereocenters. The van der Waals surface area contributed by atoms with E-state index in [0.717, 1.165) is 5.56 Å². The van der Waals surface area contributed by atoms with E-state index in [-0.39, 0.29) is 0 Å². The Balaban J connectivity index is 2.41. The van der Waals surface area contributed by atoms with E-state index < -0.39 is 5.60 Å². The van der Waals surface area contributed by atoms with E-state index >= 15 is 0 Å². The summed E-state index contributed by atoms with van der Waals surface area (Å²) in [6, 6.07) is 12.9. The van der Waals surface area contributed by atoms with E-state index in [1.165, 1.54) is 29.2 Å². The molecule has 0 heterocycles. The van der Waals surface area contributed by atoms with Crippen molar-refractivity contribution in [1.29, 1.82) is 0 Å². The van der Waals surface area contributed by atoms with Gasteiger partial charge >= 0.3 is 0 Å². The van der Waals surface area contributed by atoms with Gasteiger partial charge in [0.05, 0.1) is 5.60 Å². The van der Waals surface area contributed by atoms with Crippen molar-refractivity contribution in [3.63, 3.8) is 0 Å². The first-order valence-electron chi connectivity index (χ1n) is 7.18. The largest absolute Gasteiger partial charge is 0.386 e.